The van der Waals surface area contributed by atoms with Gasteiger partial charge in [-0.25, -0.2) is 9.18 Å². The second kappa shape index (κ2) is 10.3. The van der Waals surface area contributed by atoms with Gasteiger partial charge in [0.05, 0.1) is 12.2 Å². The topological polar surface area (TPSA) is 99.3 Å². The summed E-state index contributed by atoms with van der Waals surface area (Å²) in [7, 11) is -4.21. The average molecular weight is 549 g/mol. The van der Waals surface area contributed by atoms with Gasteiger partial charge in [0.1, 0.15) is 12.4 Å². The molecule has 0 saturated carbocycles. The van der Waals surface area contributed by atoms with Crippen LogP contribution in [0.3, 0.4) is 0 Å². The molecular weight excluding hydrogens is 523 g/mol. The summed E-state index contributed by atoms with van der Waals surface area (Å²) in [6.07, 6.45) is 3.84. The van der Waals surface area contributed by atoms with Gasteiger partial charge in [-0.3, -0.25) is 14.4 Å². The summed E-state index contributed by atoms with van der Waals surface area (Å²) < 4.78 is 46.3. The van der Waals surface area contributed by atoms with Crippen molar-refractivity contribution in [3.05, 3.63) is 70.5 Å². The summed E-state index contributed by atoms with van der Waals surface area (Å²) in [4.78, 5) is 29.1. The zero-order chi connectivity index (χ0) is 26.2. The molecule has 2 atom stereocenters. The minimum Gasteiger partial charge on any atom is -0.447 e. The van der Waals surface area contributed by atoms with E-state index >= 15 is 0 Å². The monoisotopic (exact) mass is 548 g/mol. The van der Waals surface area contributed by atoms with E-state index < -0.39 is 16.3 Å². The highest BCUT2D eigenvalue weighted by Crippen LogP contribution is 2.32. The first-order valence-electron chi connectivity index (χ1n) is 11.9. The number of carbonyl (C=O) groups excluding carboxylic acids is 2. The summed E-state index contributed by atoms with van der Waals surface area (Å²) in [5.74, 6) is -0.415. The summed E-state index contributed by atoms with van der Waals surface area (Å²) in [5, 5.41) is 0.292. The molecular formula is C25H26ClFN4O5S. The molecule has 2 bridgehead atoms. The molecule has 3 aliphatic rings. The molecule has 2 aromatic carbocycles. The molecule has 196 valence electrons. The van der Waals surface area contributed by atoms with Crippen LogP contribution in [0.4, 0.5) is 14.9 Å². The Kier molecular flexibility index (Phi) is 7.11. The number of piperazine rings is 1. The van der Waals surface area contributed by atoms with Crippen LogP contribution in [0.5, 0.6) is 0 Å². The summed E-state index contributed by atoms with van der Waals surface area (Å²) >= 11 is 6.08. The molecule has 2 aromatic rings. The van der Waals surface area contributed by atoms with Crippen molar-refractivity contribution in [3.8, 4) is 0 Å². The van der Waals surface area contributed by atoms with E-state index in [9.17, 15) is 22.4 Å². The fraction of sp³-hybridized carbons (Fsp3) is 0.360. The maximum atomic E-state index is 13.2. The van der Waals surface area contributed by atoms with Crippen LogP contribution in [-0.4, -0.2) is 72.8 Å². The largest absolute Gasteiger partial charge is 0.447 e. The summed E-state index contributed by atoms with van der Waals surface area (Å²) in [5.41, 5.74) is 1.60. The number of halogens is 2. The summed E-state index contributed by atoms with van der Waals surface area (Å²) in [6.45, 7) is 2.05. The maximum Gasteiger partial charge on any atom is 0.425 e. The van der Waals surface area contributed by atoms with Crippen molar-refractivity contribution in [1.82, 2.24) is 14.1 Å². The predicted octanol–water partition coefficient (Wildman–Crippen LogP) is 3.48. The van der Waals surface area contributed by atoms with E-state index in [4.69, 9.17) is 16.3 Å². The number of nitrogens with zero attached hydrogens (tertiary/aromatic N) is 3. The molecule has 3 fully saturated rings. The lowest BCUT2D eigenvalue weighted by atomic mass is 10.1. The fourth-order valence-electron chi connectivity index (χ4n) is 5.13. The number of cyclic esters (lactones) is 1. The van der Waals surface area contributed by atoms with Crippen LogP contribution in [0.25, 0.3) is 6.08 Å². The van der Waals surface area contributed by atoms with Crippen LogP contribution in [0.2, 0.25) is 5.02 Å². The number of ether oxygens (including phenoxy) is 1. The number of carbonyl (C=O) groups is 2. The molecule has 3 heterocycles. The Morgan fingerprint density at radius 3 is 2.49 bits per heavy atom. The Bertz CT molecular complexity index is 1320. The molecule has 0 radical (unpaired) electrons. The van der Waals surface area contributed by atoms with Crippen molar-refractivity contribution in [2.24, 2.45) is 0 Å². The predicted molar refractivity (Wildman–Crippen MR) is 136 cm³/mol. The first-order valence-corrected chi connectivity index (χ1v) is 13.8. The first-order chi connectivity index (χ1) is 17.7. The number of nitrogens with one attached hydrogen (secondary N) is 1. The molecule has 3 aliphatic heterocycles. The fourth-order valence-corrected chi connectivity index (χ4v) is 6.43. The van der Waals surface area contributed by atoms with Crippen molar-refractivity contribution in [3.63, 3.8) is 0 Å². The zero-order valence-corrected chi connectivity index (χ0v) is 21.4. The third-order valence-electron chi connectivity index (χ3n) is 6.81. The Morgan fingerprint density at radius 2 is 1.84 bits per heavy atom. The molecule has 0 aromatic heterocycles. The number of anilines is 1. The minimum atomic E-state index is -4.21. The van der Waals surface area contributed by atoms with E-state index in [1.807, 2.05) is 4.90 Å². The van der Waals surface area contributed by atoms with Gasteiger partial charge in [-0.15, -0.1) is 0 Å². The standard InChI is InChI=1S/C25H26ClFN4O5S/c26-19-5-3-18(23(13-19)28-37(34,35)30-11-12-36-25(30)33)4-10-24(32)31-21-8-9-22(31)16-29(15-21)14-17-1-6-20(27)7-2-17/h1-7,10,13,21-22,28H,8-9,11-12,14-16H2/b10-4+. The van der Waals surface area contributed by atoms with Crippen molar-refractivity contribution in [2.75, 3.05) is 31.0 Å². The number of hydrogen-bond acceptors (Lipinski definition) is 6. The van der Waals surface area contributed by atoms with Crippen LogP contribution in [0.1, 0.15) is 24.0 Å². The van der Waals surface area contributed by atoms with Gasteiger partial charge < -0.3 is 9.64 Å². The molecule has 2 unspecified atom stereocenters. The van der Waals surface area contributed by atoms with Crippen molar-refractivity contribution in [2.45, 2.75) is 31.5 Å². The Balaban J connectivity index is 1.27. The minimum absolute atomic E-state index is 0.0178. The molecule has 0 spiro atoms. The number of benzene rings is 2. The second-order valence-electron chi connectivity index (χ2n) is 9.31. The number of hydrogen-bond donors (Lipinski definition) is 1. The van der Waals surface area contributed by atoms with E-state index in [0.717, 1.165) is 31.5 Å². The molecule has 3 saturated heterocycles. The van der Waals surface area contributed by atoms with Gasteiger partial charge in [0.25, 0.3) is 0 Å². The lowest BCUT2D eigenvalue weighted by molar-refractivity contribution is -0.131. The molecule has 1 N–H and O–H groups in total. The lowest BCUT2D eigenvalue weighted by Crippen LogP contribution is -2.55. The highest BCUT2D eigenvalue weighted by Gasteiger charge is 2.41. The van der Waals surface area contributed by atoms with Gasteiger partial charge in [-0.2, -0.15) is 12.7 Å². The summed E-state index contributed by atoms with van der Waals surface area (Å²) in [6, 6.07) is 11.2. The zero-order valence-electron chi connectivity index (χ0n) is 19.8. The van der Waals surface area contributed by atoms with Gasteiger partial charge >= 0.3 is 16.3 Å². The number of likely N-dealkylation sites (tertiary alicyclic amines) is 1. The number of rotatable bonds is 7. The smallest absolute Gasteiger partial charge is 0.425 e. The van der Waals surface area contributed by atoms with Crippen LogP contribution in [0.15, 0.2) is 48.5 Å². The van der Waals surface area contributed by atoms with Gasteiger partial charge in [0.15, 0.2) is 0 Å². The molecule has 5 rings (SSSR count). The van der Waals surface area contributed by atoms with Crippen LogP contribution >= 0.6 is 11.6 Å². The highest BCUT2D eigenvalue weighted by molar-refractivity contribution is 7.90. The van der Waals surface area contributed by atoms with Gasteiger partial charge in [-0.05, 0) is 54.3 Å². The number of fused-ring (bicyclic) bond motifs is 2. The van der Waals surface area contributed by atoms with Crippen LogP contribution < -0.4 is 4.72 Å². The van der Waals surface area contributed by atoms with E-state index in [0.29, 0.717) is 21.4 Å². The Labute approximate surface area is 219 Å². The molecule has 9 nitrogen and oxygen atoms in total. The van der Waals surface area contributed by atoms with E-state index in [1.165, 1.54) is 24.3 Å². The third kappa shape index (κ3) is 5.58. The van der Waals surface area contributed by atoms with Crippen LogP contribution in [0, 0.1) is 5.82 Å². The van der Waals surface area contributed by atoms with E-state index in [1.54, 1.807) is 30.3 Å². The SMILES string of the molecule is O=C(/C=C/c1ccc(Cl)cc1NS(=O)(=O)N1CCOC1=O)N1C2CCC1CN(Cc1ccc(F)cc1)C2. The van der Waals surface area contributed by atoms with Crippen LogP contribution in [-0.2, 0) is 26.3 Å². The van der Waals surface area contributed by atoms with E-state index in [2.05, 4.69) is 9.62 Å². The molecule has 12 heteroatoms. The first kappa shape index (κ1) is 25.5. The molecule has 2 amide bonds. The Hall–Kier alpha value is -3.15. The van der Waals surface area contributed by atoms with Gasteiger partial charge in [-0.1, -0.05) is 29.8 Å². The highest BCUT2D eigenvalue weighted by atomic mass is 35.5. The van der Waals surface area contributed by atoms with Crippen molar-refractivity contribution >= 4 is 45.6 Å². The Morgan fingerprint density at radius 1 is 1.14 bits per heavy atom. The van der Waals surface area contributed by atoms with Crippen molar-refractivity contribution < 1.29 is 27.1 Å². The van der Waals surface area contributed by atoms with Crippen molar-refractivity contribution in [1.29, 1.82) is 0 Å². The van der Waals surface area contributed by atoms with Gasteiger partial charge in [0.2, 0.25) is 5.91 Å². The average Bonchev–Trinajstić information content (AvgIpc) is 3.40. The molecule has 37 heavy (non-hydrogen) atoms. The quantitative estimate of drug-likeness (QED) is 0.532. The van der Waals surface area contributed by atoms with E-state index in [-0.39, 0.29) is 42.6 Å². The second-order valence-corrected chi connectivity index (χ2v) is 11.3. The third-order valence-corrected chi connectivity index (χ3v) is 8.43. The normalized spacial score (nSPS) is 22.1. The lowest BCUT2D eigenvalue weighted by Gasteiger charge is -2.40. The number of amides is 2. The molecule has 0 aliphatic carbocycles. The van der Waals surface area contributed by atoms with Gasteiger partial charge in [0, 0.05) is 42.8 Å². The maximum absolute atomic E-state index is 13.2.